The van der Waals surface area contributed by atoms with E-state index in [-0.39, 0.29) is 48.0 Å². The molecule has 1 aromatic carbocycles. The molecule has 180 valence electrons. The van der Waals surface area contributed by atoms with Crippen LogP contribution in [0.1, 0.15) is 41.9 Å². The van der Waals surface area contributed by atoms with Crippen molar-refractivity contribution in [1.29, 1.82) is 0 Å². The highest BCUT2D eigenvalue weighted by atomic mass is 19.4. The quantitative estimate of drug-likeness (QED) is 0.749. The van der Waals surface area contributed by atoms with Gasteiger partial charge < -0.3 is 24.4 Å². The van der Waals surface area contributed by atoms with Crippen LogP contribution in [0, 0.1) is 0 Å². The van der Waals surface area contributed by atoms with E-state index in [9.17, 15) is 27.9 Å². The topological polar surface area (TPSA) is 81.9 Å². The van der Waals surface area contributed by atoms with Crippen LogP contribution in [0.4, 0.5) is 18.9 Å². The number of halogens is 3. The Bertz CT molecular complexity index is 1070. The van der Waals surface area contributed by atoms with E-state index < -0.39 is 17.6 Å². The van der Waals surface area contributed by atoms with Crippen molar-refractivity contribution in [3.8, 4) is 0 Å². The zero-order chi connectivity index (χ0) is 24.1. The van der Waals surface area contributed by atoms with Crippen LogP contribution in [0.25, 0.3) is 11.0 Å². The van der Waals surface area contributed by atoms with E-state index in [4.69, 9.17) is 0 Å². The Hall–Kier alpha value is -2.82. The molecule has 1 N–H and O–H groups in total. The molecule has 2 aliphatic rings. The van der Waals surface area contributed by atoms with Gasteiger partial charge in [-0.2, -0.15) is 13.2 Å². The Morgan fingerprint density at radius 1 is 1.15 bits per heavy atom. The second-order valence-electron chi connectivity index (χ2n) is 9.02. The van der Waals surface area contributed by atoms with Gasteiger partial charge in [0.05, 0.1) is 17.2 Å². The third-order valence-electron chi connectivity index (χ3n) is 6.64. The van der Waals surface area contributed by atoms with Gasteiger partial charge in [-0.15, -0.1) is 0 Å². The number of imidazole rings is 1. The summed E-state index contributed by atoms with van der Waals surface area (Å²) in [4.78, 5) is 34.7. The number of rotatable bonds is 3. The van der Waals surface area contributed by atoms with Crippen LogP contribution in [0.2, 0.25) is 0 Å². The van der Waals surface area contributed by atoms with Crippen molar-refractivity contribution in [2.45, 2.75) is 44.0 Å². The molecular formula is C22H28F3N5O3. The molecule has 2 fully saturated rings. The molecule has 1 aliphatic carbocycles. The first kappa shape index (κ1) is 23.3. The number of aliphatic hydroxyl groups excluding tert-OH is 1. The lowest BCUT2D eigenvalue weighted by Crippen LogP contribution is -2.56. The first-order valence-electron chi connectivity index (χ1n) is 11.0. The Morgan fingerprint density at radius 3 is 2.39 bits per heavy atom. The molecule has 1 saturated carbocycles. The number of fused-ring (bicyclic) bond motifs is 1. The standard InChI is InChI=1S/C22H28F3N5O3/c1-27(2)14-10-16(22(23,24)25)19-17(11-14)28(3)20(26-19)21(33)29-8-9-30(18(32)12-29)13-4-6-15(31)7-5-13/h10-11,13,15,31H,4-9,12H2,1-3H3/t13-,15-. The van der Waals surface area contributed by atoms with Crippen LogP contribution >= 0.6 is 0 Å². The Kier molecular flexibility index (Phi) is 6.02. The number of piperazine rings is 1. The van der Waals surface area contributed by atoms with Gasteiger partial charge in [-0.05, 0) is 37.8 Å². The van der Waals surface area contributed by atoms with E-state index in [0.717, 1.165) is 18.9 Å². The highest BCUT2D eigenvalue weighted by molar-refractivity contribution is 5.98. The van der Waals surface area contributed by atoms with Crippen molar-refractivity contribution in [3.63, 3.8) is 0 Å². The highest BCUT2D eigenvalue weighted by Crippen LogP contribution is 2.37. The fraction of sp³-hybridized carbons (Fsp3) is 0.591. The minimum absolute atomic E-state index is 0.0488. The second-order valence-corrected chi connectivity index (χ2v) is 9.02. The van der Waals surface area contributed by atoms with Crippen LogP contribution in [-0.4, -0.2) is 82.1 Å². The van der Waals surface area contributed by atoms with Crippen molar-refractivity contribution in [1.82, 2.24) is 19.4 Å². The summed E-state index contributed by atoms with van der Waals surface area (Å²) in [5.74, 6) is -0.894. The van der Waals surface area contributed by atoms with Crippen LogP contribution in [0.15, 0.2) is 12.1 Å². The number of anilines is 1. The highest BCUT2D eigenvalue weighted by Gasteiger charge is 2.38. The van der Waals surface area contributed by atoms with Gasteiger partial charge in [0.25, 0.3) is 5.91 Å². The summed E-state index contributed by atoms with van der Waals surface area (Å²) in [6, 6.07) is 2.63. The van der Waals surface area contributed by atoms with Crippen molar-refractivity contribution >= 4 is 28.5 Å². The number of carbonyl (C=O) groups is 2. The molecule has 0 unspecified atom stereocenters. The Morgan fingerprint density at radius 2 is 1.82 bits per heavy atom. The molecule has 1 saturated heterocycles. The number of hydrogen-bond acceptors (Lipinski definition) is 5. The Labute approximate surface area is 189 Å². The van der Waals surface area contributed by atoms with Crippen molar-refractivity contribution in [2.24, 2.45) is 7.05 Å². The number of nitrogens with zero attached hydrogens (tertiary/aromatic N) is 5. The summed E-state index contributed by atoms with van der Waals surface area (Å²) in [6.07, 6.45) is -2.22. The fourth-order valence-electron chi connectivity index (χ4n) is 4.70. The predicted molar refractivity (Wildman–Crippen MR) is 116 cm³/mol. The summed E-state index contributed by atoms with van der Waals surface area (Å²) in [5.41, 5.74) is -0.649. The van der Waals surface area contributed by atoms with Gasteiger partial charge in [-0.3, -0.25) is 9.59 Å². The van der Waals surface area contributed by atoms with Crippen molar-refractivity contribution < 1.29 is 27.9 Å². The monoisotopic (exact) mass is 467 g/mol. The fourth-order valence-corrected chi connectivity index (χ4v) is 4.70. The zero-order valence-electron chi connectivity index (χ0n) is 18.9. The number of aromatic nitrogens is 2. The van der Waals surface area contributed by atoms with E-state index >= 15 is 0 Å². The molecule has 8 nitrogen and oxygen atoms in total. The number of amides is 2. The third-order valence-corrected chi connectivity index (χ3v) is 6.64. The maximum Gasteiger partial charge on any atom is 0.418 e. The molecule has 2 amide bonds. The number of carbonyl (C=O) groups excluding carboxylic acids is 2. The van der Waals surface area contributed by atoms with E-state index in [1.807, 2.05) is 0 Å². The molecule has 2 aromatic rings. The van der Waals surface area contributed by atoms with E-state index in [0.29, 0.717) is 25.1 Å². The zero-order valence-corrected chi connectivity index (χ0v) is 18.9. The average Bonchev–Trinajstić information content (AvgIpc) is 3.09. The van der Waals surface area contributed by atoms with Crippen molar-refractivity contribution in [2.75, 3.05) is 38.6 Å². The normalized spacial score (nSPS) is 22.2. The molecule has 0 radical (unpaired) electrons. The molecule has 11 heteroatoms. The summed E-state index contributed by atoms with van der Waals surface area (Å²) < 4.78 is 42.5. The molecule has 2 heterocycles. The maximum atomic E-state index is 13.7. The van der Waals surface area contributed by atoms with Gasteiger partial charge in [0.1, 0.15) is 12.1 Å². The summed E-state index contributed by atoms with van der Waals surface area (Å²) in [5, 5.41) is 9.70. The van der Waals surface area contributed by atoms with Gasteiger partial charge >= 0.3 is 6.18 Å². The lowest BCUT2D eigenvalue weighted by atomic mass is 9.91. The van der Waals surface area contributed by atoms with Crippen LogP contribution < -0.4 is 4.90 Å². The minimum atomic E-state index is -4.63. The number of aliphatic hydroxyl groups is 1. The molecule has 4 rings (SSSR count). The first-order valence-corrected chi connectivity index (χ1v) is 11.0. The number of alkyl halides is 3. The SMILES string of the molecule is CN(C)c1cc(C(F)(F)F)c2nc(C(=O)N3CCN([C@H]4CC[C@H](O)CC4)C(=O)C3)n(C)c2c1. The molecular weight excluding hydrogens is 439 g/mol. The predicted octanol–water partition coefficient (Wildman–Crippen LogP) is 2.25. The molecule has 1 aromatic heterocycles. The van der Waals surface area contributed by atoms with Crippen molar-refractivity contribution in [3.05, 3.63) is 23.5 Å². The van der Waals surface area contributed by atoms with Gasteiger partial charge in [0.2, 0.25) is 5.91 Å². The second kappa shape index (κ2) is 8.51. The van der Waals surface area contributed by atoms with Gasteiger partial charge in [-0.25, -0.2) is 4.98 Å². The van der Waals surface area contributed by atoms with E-state index in [1.54, 1.807) is 30.0 Å². The number of hydrogen-bond donors (Lipinski definition) is 1. The van der Waals surface area contributed by atoms with Gasteiger partial charge in [-0.1, -0.05) is 0 Å². The summed E-state index contributed by atoms with van der Waals surface area (Å²) >= 11 is 0. The summed E-state index contributed by atoms with van der Waals surface area (Å²) in [7, 11) is 4.79. The Balaban J connectivity index is 1.60. The molecule has 0 bridgehead atoms. The molecule has 33 heavy (non-hydrogen) atoms. The number of aryl methyl sites for hydroxylation is 1. The average molecular weight is 467 g/mol. The summed E-state index contributed by atoms with van der Waals surface area (Å²) in [6.45, 7) is 0.492. The maximum absolute atomic E-state index is 13.7. The minimum Gasteiger partial charge on any atom is -0.393 e. The number of benzene rings is 1. The van der Waals surface area contributed by atoms with Gasteiger partial charge in [0, 0.05) is 46.0 Å². The molecule has 1 aliphatic heterocycles. The van der Waals surface area contributed by atoms with E-state index in [2.05, 4.69) is 4.98 Å². The van der Waals surface area contributed by atoms with Crippen LogP contribution in [-0.2, 0) is 18.0 Å². The lowest BCUT2D eigenvalue weighted by Gasteiger charge is -2.41. The first-order chi connectivity index (χ1) is 15.5. The molecule has 0 atom stereocenters. The third kappa shape index (κ3) is 4.38. The molecule has 0 spiro atoms. The van der Waals surface area contributed by atoms with Crippen LogP contribution in [0.5, 0.6) is 0 Å². The van der Waals surface area contributed by atoms with E-state index in [1.165, 1.54) is 16.5 Å². The largest absolute Gasteiger partial charge is 0.418 e. The van der Waals surface area contributed by atoms with Crippen LogP contribution in [0.3, 0.4) is 0 Å². The smallest absolute Gasteiger partial charge is 0.393 e. The lowest BCUT2D eigenvalue weighted by molar-refractivity contribution is -0.139. The van der Waals surface area contributed by atoms with Gasteiger partial charge in [0.15, 0.2) is 5.82 Å².